The minimum absolute atomic E-state index is 0.456. The van der Waals surface area contributed by atoms with Crippen molar-refractivity contribution in [3.05, 3.63) is 16.0 Å². The van der Waals surface area contributed by atoms with Gasteiger partial charge in [-0.25, -0.2) is 0 Å². The molecule has 0 aliphatic heterocycles. The summed E-state index contributed by atoms with van der Waals surface area (Å²) in [5.41, 5.74) is 1.15. The average Bonchev–Trinajstić information content (AvgIpc) is 2.41. The number of aliphatic imine (C=N–C) groups is 1. The predicted molar refractivity (Wildman–Crippen MR) is 48.4 cm³/mol. The molecule has 0 unspecified atom stereocenters. The van der Waals surface area contributed by atoms with Gasteiger partial charge in [0.2, 0.25) is 0 Å². The van der Waals surface area contributed by atoms with E-state index in [0.29, 0.717) is 21.0 Å². The molecule has 0 aliphatic rings. The maximum absolute atomic E-state index is 10.5. The van der Waals surface area contributed by atoms with Gasteiger partial charge in [-0.15, -0.1) is 11.3 Å². The fourth-order valence-corrected chi connectivity index (χ4v) is 1.75. The van der Waals surface area contributed by atoms with Crippen molar-refractivity contribution in [2.45, 2.75) is 6.92 Å². The molecule has 0 atom stereocenters. The van der Waals surface area contributed by atoms with E-state index >= 15 is 0 Å². The molecule has 1 rings (SSSR count). The molecule has 0 saturated heterocycles. The van der Waals surface area contributed by atoms with E-state index in [9.17, 15) is 4.79 Å². The maximum Gasteiger partial charge on any atom is 0.160 e. The highest BCUT2D eigenvalue weighted by molar-refractivity contribution is 7.17. The molecule has 1 aromatic heterocycles. The van der Waals surface area contributed by atoms with Crippen LogP contribution < -0.4 is 0 Å². The fraction of sp³-hybridized carbons (Fsp3) is 0.125. The zero-order chi connectivity index (χ0) is 9.14. The molecule has 3 nitrogen and oxygen atoms in total. The van der Waals surface area contributed by atoms with E-state index in [1.165, 1.54) is 11.3 Å². The topological polar surface area (TPSA) is 53.2 Å². The molecule has 0 fully saturated rings. The molecular weight excluding hydrogens is 172 g/mol. The van der Waals surface area contributed by atoms with Gasteiger partial charge in [-0.3, -0.25) is 9.79 Å². The molecule has 1 heterocycles. The van der Waals surface area contributed by atoms with Crippen LogP contribution in [0.2, 0.25) is 0 Å². The number of hydrogen-bond donors (Lipinski definition) is 0. The smallest absolute Gasteiger partial charge is 0.160 e. The van der Waals surface area contributed by atoms with Crippen LogP contribution in [0.25, 0.3) is 0 Å². The van der Waals surface area contributed by atoms with Gasteiger partial charge in [-0.05, 0) is 19.2 Å². The SMILES string of the molecule is C=Nc1sc(C=O)c(C)c1C#N. The molecule has 60 valence electrons. The first-order valence-corrected chi connectivity index (χ1v) is 4.01. The standard InChI is InChI=1S/C8H6N2OS/c1-5-6(3-9)8(10-2)12-7(5)4-11/h4H,2H2,1H3. The average molecular weight is 178 g/mol. The van der Waals surface area contributed by atoms with Crippen molar-refractivity contribution in [3.63, 3.8) is 0 Å². The summed E-state index contributed by atoms with van der Waals surface area (Å²) in [6, 6.07) is 1.99. The number of nitrogens with zero attached hydrogens (tertiary/aromatic N) is 2. The van der Waals surface area contributed by atoms with Gasteiger partial charge < -0.3 is 0 Å². The molecule has 12 heavy (non-hydrogen) atoms. The number of rotatable bonds is 2. The molecule has 0 saturated carbocycles. The highest BCUT2D eigenvalue weighted by atomic mass is 32.1. The predicted octanol–water partition coefficient (Wildman–Crippen LogP) is 2.07. The minimum Gasteiger partial charge on any atom is -0.297 e. The van der Waals surface area contributed by atoms with Crippen molar-refractivity contribution in [3.8, 4) is 6.07 Å². The second-order valence-electron chi connectivity index (χ2n) is 2.16. The lowest BCUT2D eigenvalue weighted by Gasteiger charge is -1.85. The van der Waals surface area contributed by atoms with Crippen molar-refractivity contribution in [2.24, 2.45) is 4.99 Å². The molecule has 0 radical (unpaired) electrons. The Labute approximate surface area is 74.0 Å². The molecule has 0 N–H and O–H groups in total. The van der Waals surface area contributed by atoms with Crippen LogP contribution in [-0.2, 0) is 0 Å². The summed E-state index contributed by atoms with van der Waals surface area (Å²) in [6.07, 6.45) is 0.732. The van der Waals surface area contributed by atoms with Gasteiger partial charge in [-0.1, -0.05) is 0 Å². The second-order valence-corrected chi connectivity index (χ2v) is 3.19. The van der Waals surface area contributed by atoms with E-state index in [2.05, 4.69) is 11.7 Å². The zero-order valence-electron chi connectivity index (χ0n) is 6.50. The van der Waals surface area contributed by atoms with Crippen LogP contribution in [0, 0.1) is 18.3 Å². The Morgan fingerprint density at radius 3 is 2.75 bits per heavy atom. The third-order valence-electron chi connectivity index (χ3n) is 1.53. The van der Waals surface area contributed by atoms with Crippen LogP contribution in [0.3, 0.4) is 0 Å². The molecule has 4 heteroatoms. The molecule has 0 bridgehead atoms. The summed E-state index contributed by atoms with van der Waals surface area (Å²) in [7, 11) is 0. The van der Waals surface area contributed by atoms with Gasteiger partial charge in [0.25, 0.3) is 0 Å². The van der Waals surface area contributed by atoms with Crippen molar-refractivity contribution in [1.82, 2.24) is 0 Å². The summed E-state index contributed by atoms with van der Waals surface area (Å²) >= 11 is 1.19. The summed E-state index contributed by atoms with van der Waals surface area (Å²) in [4.78, 5) is 14.7. The van der Waals surface area contributed by atoms with E-state index in [-0.39, 0.29) is 0 Å². The van der Waals surface area contributed by atoms with Gasteiger partial charge in [0.1, 0.15) is 11.1 Å². The summed E-state index contributed by atoms with van der Waals surface area (Å²) < 4.78 is 0. The summed E-state index contributed by atoms with van der Waals surface area (Å²) in [5, 5.41) is 9.22. The first-order chi connectivity index (χ1) is 5.74. The number of thiophene rings is 1. The lowest BCUT2D eigenvalue weighted by atomic mass is 10.2. The number of carbonyl (C=O) groups excluding carboxylic acids is 1. The third-order valence-corrected chi connectivity index (χ3v) is 2.68. The molecule has 0 aliphatic carbocycles. The van der Waals surface area contributed by atoms with Crippen LogP contribution in [0.4, 0.5) is 5.00 Å². The molecular formula is C8H6N2OS. The van der Waals surface area contributed by atoms with E-state index in [0.717, 1.165) is 6.29 Å². The quantitative estimate of drug-likeness (QED) is 0.514. The number of nitriles is 1. The van der Waals surface area contributed by atoms with Crippen molar-refractivity contribution in [2.75, 3.05) is 0 Å². The summed E-state index contributed by atoms with van der Waals surface area (Å²) in [5.74, 6) is 0. The van der Waals surface area contributed by atoms with Crippen LogP contribution in [0.5, 0.6) is 0 Å². The lowest BCUT2D eigenvalue weighted by molar-refractivity contribution is 0.112. The summed E-state index contributed by atoms with van der Waals surface area (Å²) in [6.45, 7) is 5.05. The molecule has 0 amide bonds. The lowest BCUT2D eigenvalue weighted by Crippen LogP contribution is -1.78. The minimum atomic E-state index is 0.456. The van der Waals surface area contributed by atoms with Gasteiger partial charge in [-0.2, -0.15) is 5.26 Å². The Morgan fingerprint density at radius 2 is 2.42 bits per heavy atom. The van der Waals surface area contributed by atoms with Crippen molar-refractivity contribution in [1.29, 1.82) is 5.26 Å². The van der Waals surface area contributed by atoms with Gasteiger partial charge in [0.15, 0.2) is 6.29 Å². The van der Waals surface area contributed by atoms with Crippen LogP contribution in [-0.4, -0.2) is 13.0 Å². The van der Waals surface area contributed by atoms with Crippen LogP contribution in [0.1, 0.15) is 20.8 Å². The number of hydrogen-bond acceptors (Lipinski definition) is 4. The van der Waals surface area contributed by atoms with Gasteiger partial charge in [0, 0.05) is 0 Å². The van der Waals surface area contributed by atoms with E-state index in [1.54, 1.807) is 6.92 Å². The van der Waals surface area contributed by atoms with E-state index in [4.69, 9.17) is 5.26 Å². The van der Waals surface area contributed by atoms with Crippen LogP contribution >= 0.6 is 11.3 Å². The largest absolute Gasteiger partial charge is 0.297 e. The highest BCUT2D eigenvalue weighted by Crippen LogP contribution is 2.32. The Balaban J connectivity index is 3.44. The molecule has 1 aromatic rings. The second kappa shape index (κ2) is 3.28. The highest BCUT2D eigenvalue weighted by Gasteiger charge is 2.12. The van der Waals surface area contributed by atoms with Crippen molar-refractivity contribution < 1.29 is 4.79 Å². The van der Waals surface area contributed by atoms with E-state index in [1.807, 2.05) is 6.07 Å². The maximum atomic E-state index is 10.5. The van der Waals surface area contributed by atoms with E-state index < -0.39 is 0 Å². The first-order valence-electron chi connectivity index (χ1n) is 3.20. The first kappa shape index (κ1) is 8.62. The Hall–Kier alpha value is -1.47. The fourth-order valence-electron chi connectivity index (χ4n) is 0.871. The number of aldehydes is 1. The third kappa shape index (κ3) is 1.15. The van der Waals surface area contributed by atoms with Crippen LogP contribution in [0.15, 0.2) is 4.99 Å². The normalized spacial score (nSPS) is 9.00. The van der Waals surface area contributed by atoms with Gasteiger partial charge in [0.05, 0.1) is 10.4 Å². The van der Waals surface area contributed by atoms with Gasteiger partial charge >= 0.3 is 0 Å². The number of carbonyl (C=O) groups is 1. The Bertz CT molecular complexity index is 373. The van der Waals surface area contributed by atoms with Crippen molar-refractivity contribution >= 4 is 29.3 Å². The Morgan fingerprint density at radius 1 is 1.75 bits per heavy atom. The molecule has 0 aromatic carbocycles. The Kier molecular flexibility index (Phi) is 2.36. The zero-order valence-corrected chi connectivity index (χ0v) is 7.31. The molecule has 0 spiro atoms. The monoisotopic (exact) mass is 178 g/mol.